The highest BCUT2D eigenvalue weighted by Gasteiger charge is 2.39. The molecule has 4 N–H and O–H groups in total. The molecule has 2 fully saturated rings. The molecule has 34 heavy (non-hydrogen) atoms. The third-order valence-electron chi connectivity index (χ3n) is 6.23. The first-order chi connectivity index (χ1) is 16.4. The molecular weight excluding hydrogens is 461 g/mol. The number of likely N-dealkylation sites (tertiary alicyclic amines) is 1. The minimum absolute atomic E-state index is 0.00698. The summed E-state index contributed by atoms with van der Waals surface area (Å²) in [6.07, 6.45) is 2.51. The van der Waals surface area contributed by atoms with Crippen LogP contribution in [0.5, 0.6) is 0 Å². The normalized spacial score (nSPS) is 20.4. The highest BCUT2D eigenvalue weighted by atomic mass is 35.5. The van der Waals surface area contributed by atoms with Gasteiger partial charge in [-0.25, -0.2) is 9.18 Å². The lowest BCUT2D eigenvalue weighted by atomic mass is 10.1. The Bertz CT molecular complexity index is 1080. The Morgan fingerprint density at radius 1 is 1.12 bits per heavy atom. The largest absolute Gasteiger partial charge is 0.330 e. The zero-order chi connectivity index (χ0) is 24.2. The van der Waals surface area contributed by atoms with E-state index in [-0.39, 0.29) is 17.5 Å². The molecule has 2 aromatic rings. The maximum Gasteiger partial charge on any atom is 0.322 e. The molecule has 2 saturated heterocycles. The minimum atomic E-state index is -0.802. The summed E-state index contributed by atoms with van der Waals surface area (Å²) in [5.74, 6) is -1.23. The Morgan fingerprint density at radius 3 is 2.56 bits per heavy atom. The molecule has 2 atom stereocenters. The Kier molecular flexibility index (Phi) is 7.33. The van der Waals surface area contributed by atoms with E-state index >= 15 is 0 Å². The molecule has 2 heterocycles. The predicted octanol–water partition coefficient (Wildman–Crippen LogP) is 3.82. The summed E-state index contributed by atoms with van der Waals surface area (Å²) in [6.45, 7) is 1.18. The van der Waals surface area contributed by atoms with Crippen LogP contribution in [0.1, 0.15) is 25.7 Å². The lowest BCUT2D eigenvalue weighted by Crippen LogP contribution is -2.45. The molecule has 2 aliphatic heterocycles. The number of nitrogens with one attached hydrogen (secondary N) is 2. The number of hydrogen-bond acceptors (Lipinski definition) is 4. The van der Waals surface area contributed by atoms with Crippen LogP contribution in [0.4, 0.5) is 26.2 Å². The fraction of sp³-hybridized carbons (Fsp3) is 0.375. The summed E-state index contributed by atoms with van der Waals surface area (Å²) >= 11 is 5.89. The van der Waals surface area contributed by atoms with E-state index in [4.69, 9.17) is 17.3 Å². The van der Waals surface area contributed by atoms with Crippen LogP contribution in [0.2, 0.25) is 5.02 Å². The molecule has 0 spiro atoms. The second kappa shape index (κ2) is 10.4. The average molecular weight is 488 g/mol. The first kappa shape index (κ1) is 24.0. The van der Waals surface area contributed by atoms with Crippen LogP contribution in [-0.2, 0) is 9.59 Å². The number of carbonyl (C=O) groups is 3. The van der Waals surface area contributed by atoms with Gasteiger partial charge in [-0.15, -0.1) is 0 Å². The number of amides is 4. The maximum absolute atomic E-state index is 14.8. The molecule has 2 unspecified atom stereocenters. The van der Waals surface area contributed by atoms with Gasteiger partial charge in [-0.05, 0) is 74.2 Å². The van der Waals surface area contributed by atoms with Crippen LogP contribution in [-0.4, -0.2) is 48.4 Å². The topological polar surface area (TPSA) is 108 Å². The van der Waals surface area contributed by atoms with Crippen LogP contribution in [0.25, 0.3) is 0 Å². The van der Waals surface area contributed by atoms with E-state index in [1.807, 2.05) is 0 Å². The van der Waals surface area contributed by atoms with Gasteiger partial charge in [0.05, 0.1) is 5.69 Å². The van der Waals surface area contributed by atoms with E-state index in [0.717, 1.165) is 12.8 Å². The first-order valence-electron chi connectivity index (χ1n) is 11.3. The van der Waals surface area contributed by atoms with Crippen molar-refractivity contribution >= 4 is 46.5 Å². The van der Waals surface area contributed by atoms with Crippen LogP contribution in [0.15, 0.2) is 42.5 Å². The second-order valence-corrected chi connectivity index (χ2v) is 9.03. The Labute approximate surface area is 202 Å². The number of urea groups is 1. The van der Waals surface area contributed by atoms with Gasteiger partial charge in [0.1, 0.15) is 11.9 Å². The van der Waals surface area contributed by atoms with Crippen molar-refractivity contribution in [1.82, 2.24) is 4.90 Å². The Hall–Kier alpha value is -3.17. The van der Waals surface area contributed by atoms with Crippen LogP contribution in [0, 0.1) is 11.7 Å². The third kappa shape index (κ3) is 5.31. The molecule has 0 aromatic heterocycles. The molecule has 0 saturated carbocycles. The fourth-order valence-electron chi connectivity index (χ4n) is 4.36. The number of benzene rings is 2. The lowest BCUT2D eigenvalue weighted by Gasteiger charge is -2.27. The van der Waals surface area contributed by atoms with Crippen molar-refractivity contribution in [2.24, 2.45) is 11.7 Å². The number of anilines is 3. The zero-order valence-electron chi connectivity index (χ0n) is 18.6. The molecular formula is C24H27ClFN5O3. The summed E-state index contributed by atoms with van der Waals surface area (Å²) < 4.78 is 14.8. The van der Waals surface area contributed by atoms with Crippen molar-refractivity contribution < 1.29 is 18.8 Å². The summed E-state index contributed by atoms with van der Waals surface area (Å²) in [4.78, 5) is 41.1. The van der Waals surface area contributed by atoms with Crippen LogP contribution >= 0.6 is 11.6 Å². The van der Waals surface area contributed by atoms with Gasteiger partial charge in [0, 0.05) is 35.9 Å². The smallest absolute Gasteiger partial charge is 0.322 e. The summed E-state index contributed by atoms with van der Waals surface area (Å²) in [5.41, 5.74) is 6.81. The predicted molar refractivity (Wildman–Crippen MR) is 129 cm³/mol. The highest BCUT2D eigenvalue weighted by Crippen LogP contribution is 2.28. The molecule has 10 heteroatoms. The van der Waals surface area contributed by atoms with E-state index < -0.39 is 23.8 Å². The average Bonchev–Trinajstić information content (AvgIpc) is 3.27. The Balaban J connectivity index is 1.46. The SMILES string of the molecule is NCC1CC(C(=O)Nc2ccc(N3CCCCC3=O)cc2F)N(C(=O)Nc2ccc(Cl)cc2)C1. The molecule has 180 valence electrons. The molecule has 0 aliphatic carbocycles. The van der Waals surface area contributed by atoms with Gasteiger partial charge in [0.15, 0.2) is 0 Å². The van der Waals surface area contributed by atoms with Gasteiger partial charge in [-0.1, -0.05) is 11.6 Å². The number of hydrogen-bond donors (Lipinski definition) is 3. The van der Waals surface area contributed by atoms with Crippen molar-refractivity contribution in [1.29, 1.82) is 0 Å². The summed E-state index contributed by atoms with van der Waals surface area (Å²) in [5, 5.41) is 5.90. The number of piperidine rings is 1. The van der Waals surface area contributed by atoms with Gasteiger partial charge < -0.3 is 26.2 Å². The summed E-state index contributed by atoms with van der Waals surface area (Å²) in [6, 6.07) is 9.69. The van der Waals surface area contributed by atoms with Gasteiger partial charge in [-0.2, -0.15) is 0 Å². The molecule has 0 bridgehead atoms. The molecule has 4 amide bonds. The highest BCUT2D eigenvalue weighted by molar-refractivity contribution is 6.30. The summed E-state index contributed by atoms with van der Waals surface area (Å²) in [7, 11) is 0. The fourth-order valence-corrected chi connectivity index (χ4v) is 4.49. The van der Waals surface area contributed by atoms with Crippen molar-refractivity contribution in [3.05, 3.63) is 53.3 Å². The van der Waals surface area contributed by atoms with Gasteiger partial charge in [-0.3, -0.25) is 9.59 Å². The van der Waals surface area contributed by atoms with Crippen LogP contribution < -0.4 is 21.3 Å². The van der Waals surface area contributed by atoms with Crippen LogP contribution in [0.3, 0.4) is 0 Å². The zero-order valence-corrected chi connectivity index (χ0v) is 19.4. The standard InChI is InChI=1S/C24H27ClFN5O3/c25-16-4-6-17(7-5-16)28-24(34)31-14-15(13-27)11-21(31)23(33)29-20-9-8-18(12-19(20)26)30-10-2-1-3-22(30)32/h4-9,12,15,21H,1-3,10-11,13-14,27H2,(H,28,34)(H,29,33). The van der Waals surface area contributed by atoms with E-state index in [1.54, 1.807) is 35.2 Å². The van der Waals surface area contributed by atoms with E-state index in [0.29, 0.717) is 48.9 Å². The van der Waals surface area contributed by atoms with E-state index in [2.05, 4.69) is 10.6 Å². The van der Waals surface area contributed by atoms with Crippen molar-refractivity contribution in [2.45, 2.75) is 31.7 Å². The van der Waals surface area contributed by atoms with Crippen molar-refractivity contribution in [3.8, 4) is 0 Å². The maximum atomic E-state index is 14.8. The third-order valence-corrected chi connectivity index (χ3v) is 6.48. The van der Waals surface area contributed by atoms with E-state index in [1.165, 1.54) is 17.0 Å². The number of halogens is 2. The quantitative estimate of drug-likeness (QED) is 0.595. The van der Waals surface area contributed by atoms with Gasteiger partial charge in [0.2, 0.25) is 11.8 Å². The monoisotopic (exact) mass is 487 g/mol. The molecule has 2 aliphatic rings. The number of carbonyl (C=O) groups excluding carboxylic acids is 3. The lowest BCUT2D eigenvalue weighted by molar-refractivity contribution is -0.120. The minimum Gasteiger partial charge on any atom is -0.330 e. The number of nitrogens with two attached hydrogens (primary N) is 1. The number of nitrogens with zero attached hydrogens (tertiary/aromatic N) is 2. The molecule has 8 nitrogen and oxygen atoms in total. The molecule has 2 aromatic carbocycles. The first-order valence-corrected chi connectivity index (χ1v) is 11.7. The van der Waals surface area contributed by atoms with Gasteiger partial charge in [0.25, 0.3) is 0 Å². The Morgan fingerprint density at radius 2 is 1.88 bits per heavy atom. The molecule has 0 radical (unpaired) electrons. The van der Waals surface area contributed by atoms with Crippen molar-refractivity contribution in [3.63, 3.8) is 0 Å². The van der Waals surface area contributed by atoms with E-state index in [9.17, 15) is 18.8 Å². The second-order valence-electron chi connectivity index (χ2n) is 8.60. The van der Waals surface area contributed by atoms with Gasteiger partial charge >= 0.3 is 6.03 Å². The molecule has 4 rings (SSSR count). The number of rotatable bonds is 5. The van der Waals surface area contributed by atoms with Crippen molar-refractivity contribution in [2.75, 3.05) is 35.2 Å².